The smallest absolute Gasteiger partial charge is 0.153 e. The first kappa shape index (κ1) is 14.9. The standard InChI is InChI=1S/C13H24BrN5/c1-15-11(10-12(14)16-17-19(10)4)13(18(2)3)8-6-5-7-9-13/h11,15H,5-9H2,1-4H3. The Bertz CT molecular complexity index is 403. The molecule has 2 rings (SSSR count). The highest BCUT2D eigenvalue weighted by Crippen LogP contribution is 2.42. The molecule has 0 saturated heterocycles. The predicted octanol–water partition coefficient (Wildman–Crippen LogP) is 2.10. The third-order valence-electron chi connectivity index (χ3n) is 4.54. The van der Waals surface area contributed by atoms with Crippen molar-refractivity contribution in [2.24, 2.45) is 7.05 Å². The molecule has 1 unspecified atom stereocenters. The number of rotatable bonds is 4. The minimum atomic E-state index is 0.144. The Hall–Kier alpha value is -0.460. The monoisotopic (exact) mass is 329 g/mol. The molecule has 1 aromatic rings. The molecule has 19 heavy (non-hydrogen) atoms. The molecule has 5 nitrogen and oxygen atoms in total. The van der Waals surface area contributed by atoms with Crippen molar-refractivity contribution in [3.8, 4) is 0 Å². The van der Waals surface area contributed by atoms with Crippen molar-refractivity contribution in [1.29, 1.82) is 0 Å². The van der Waals surface area contributed by atoms with Gasteiger partial charge in [0.2, 0.25) is 0 Å². The topological polar surface area (TPSA) is 46.0 Å². The second-order valence-corrected chi connectivity index (χ2v) is 6.42. The van der Waals surface area contributed by atoms with Gasteiger partial charge < -0.3 is 10.2 Å². The van der Waals surface area contributed by atoms with Gasteiger partial charge in [-0.05, 0) is 49.9 Å². The van der Waals surface area contributed by atoms with E-state index in [-0.39, 0.29) is 11.6 Å². The molecule has 1 aliphatic carbocycles. The van der Waals surface area contributed by atoms with Gasteiger partial charge in [0, 0.05) is 12.6 Å². The first-order chi connectivity index (χ1) is 9.03. The van der Waals surface area contributed by atoms with E-state index in [9.17, 15) is 0 Å². The number of likely N-dealkylation sites (N-methyl/N-ethyl adjacent to an activating group) is 2. The van der Waals surface area contributed by atoms with E-state index in [2.05, 4.69) is 50.6 Å². The molecule has 0 spiro atoms. The van der Waals surface area contributed by atoms with E-state index >= 15 is 0 Å². The van der Waals surface area contributed by atoms with Crippen molar-refractivity contribution >= 4 is 15.9 Å². The van der Waals surface area contributed by atoms with Crippen LogP contribution in [0.1, 0.15) is 43.8 Å². The van der Waals surface area contributed by atoms with Crippen LogP contribution in [0.15, 0.2) is 4.60 Å². The molecule has 1 atom stereocenters. The number of aryl methyl sites for hydroxylation is 1. The Labute approximate surface area is 123 Å². The van der Waals surface area contributed by atoms with Gasteiger partial charge >= 0.3 is 0 Å². The number of hydrogen-bond acceptors (Lipinski definition) is 4. The average molecular weight is 330 g/mol. The lowest BCUT2D eigenvalue weighted by atomic mass is 9.74. The Morgan fingerprint density at radius 1 is 1.32 bits per heavy atom. The summed E-state index contributed by atoms with van der Waals surface area (Å²) in [6.07, 6.45) is 6.35. The Morgan fingerprint density at radius 2 is 1.95 bits per heavy atom. The summed E-state index contributed by atoms with van der Waals surface area (Å²) in [4.78, 5) is 2.38. The van der Waals surface area contributed by atoms with Crippen LogP contribution in [0, 0.1) is 0 Å². The summed E-state index contributed by atoms with van der Waals surface area (Å²) in [5, 5.41) is 11.8. The third-order valence-corrected chi connectivity index (χ3v) is 5.10. The second-order valence-electron chi connectivity index (χ2n) is 5.67. The lowest BCUT2D eigenvalue weighted by Crippen LogP contribution is -2.54. The largest absolute Gasteiger partial charge is 0.310 e. The third kappa shape index (κ3) is 2.58. The zero-order valence-electron chi connectivity index (χ0n) is 12.3. The van der Waals surface area contributed by atoms with E-state index in [1.807, 2.05) is 18.8 Å². The number of halogens is 1. The normalized spacial score (nSPS) is 20.7. The van der Waals surface area contributed by atoms with Gasteiger partial charge in [-0.3, -0.25) is 0 Å². The quantitative estimate of drug-likeness (QED) is 0.918. The van der Waals surface area contributed by atoms with Crippen LogP contribution in [0.5, 0.6) is 0 Å². The van der Waals surface area contributed by atoms with Gasteiger partial charge in [0.1, 0.15) is 0 Å². The summed E-state index contributed by atoms with van der Waals surface area (Å²) in [6.45, 7) is 0. The van der Waals surface area contributed by atoms with Gasteiger partial charge in [-0.15, -0.1) is 5.10 Å². The van der Waals surface area contributed by atoms with Crippen molar-refractivity contribution in [3.63, 3.8) is 0 Å². The van der Waals surface area contributed by atoms with E-state index in [4.69, 9.17) is 0 Å². The molecule has 0 radical (unpaired) electrons. The minimum absolute atomic E-state index is 0.144. The van der Waals surface area contributed by atoms with Gasteiger partial charge in [0.25, 0.3) is 0 Å². The molecule has 1 aliphatic rings. The van der Waals surface area contributed by atoms with Crippen LogP contribution < -0.4 is 5.32 Å². The van der Waals surface area contributed by atoms with Crippen LogP contribution in [-0.4, -0.2) is 46.6 Å². The van der Waals surface area contributed by atoms with Crippen molar-refractivity contribution in [1.82, 2.24) is 25.2 Å². The van der Waals surface area contributed by atoms with Crippen LogP contribution in [0.25, 0.3) is 0 Å². The first-order valence-electron chi connectivity index (χ1n) is 6.92. The van der Waals surface area contributed by atoms with Crippen LogP contribution in [0.4, 0.5) is 0 Å². The zero-order chi connectivity index (χ0) is 14.0. The molecular formula is C13H24BrN5. The summed E-state index contributed by atoms with van der Waals surface area (Å²) in [5.74, 6) is 0. The maximum Gasteiger partial charge on any atom is 0.153 e. The fraction of sp³-hybridized carbons (Fsp3) is 0.846. The van der Waals surface area contributed by atoms with Gasteiger partial charge in [0.15, 0.2) is 4.60 Å². The molecule has 0 aliphatic heterocycles. The van der Waals surface area contributed by atoms with E-state index in [0.717, 1.165) is 10.3 Å². The van der Waals surface area contributed by atoms with E-state index in [1.165, 1.54) is 32.1 Å². The van der Waals surface area contributed by atoms with Crippen molar-refractivity contribution in [2.75, 3.05) is 21.1 Å². The Balaban J connectivity index is 2.43. The SMILES string of the molecule is CNC(c1c(Br)nnn1C)C1(N(C)C)CCCCC1. The second kappa shape index (κ2) is 5.89. The van der Waals surface area contributed by atoms with Crippen LogP contribution in [-0.2, 0) is 7.05 Å². The van der Waals surface area contributed by atoms with Gasteiger partial charge in [-0.2, -0.15) is 0 Å². The molecule has 0 bridgehead atoms. The zero-order valence-corrected chi connectivity index (χ0v) is 13.9. The maximum absolute atomic E-state index is 4.14. The summed E-state index contributed by atoms with van der Waals surface area (Å²) in [5.41, 5.74) is 1.28. The highest BCUT2D eigenvalue weighted by atomic mass is 79.9. The predicted molar refractivity (Wildman–Crippen MR) is 80.0 cm³/mol. The maximum atomic E-state index is 4.14. The summed E-state index contributed by atoms with van der Waals surface area (Å²) < 4.78 is 2.73. The van der Waals surface area contributed by atoms with Crippen molar-refractivity contribution in [2.45, 2.75) is 43.7 Å². The van der Waals surface area contributed by atoms with E-state index in [0.29, 0.717) is 0 Å². The first-order valence-corrected chi connectivity index (χ1v) is 7.72. The van der Waals surface area contributed by atoms with Gasteiger partial charge in [-0.1, -0.05) is 24.5 Å². The van der Waals surface area contributed by atoms with Crippen LogP contribution in [0.3, 0.4) is 0 Å². The molecule has 6 heteroatoms. The number of nitrogens with one attached hydrogen (secondary N) is 1. The number of aromatic nitrogens is 3. The molecular weight excluding hydrogens is 306 g/mol. The van der Waals surface area contributed by atoms with Crippen molar-refractivity contribution < 1.29 is 0 Å². The average Bonchev–Trinajstić information content (AvgIpc) is 2.72. The number of nitrogens with zero attached hydrogens (tertiary/aromatic N) is 4. The molecule has 0 aromatic carbocycles. The minimum Gasteiger partial charge on any atom is -0.310 e. The lowest BCUT2D eigenvalue weighted by Gasteiger charge is -2.48. The van der Waals surface area contributed by atoms with E-state index in [1.54, 1.807) is 0 Å². The molecule has 1 fully saturated rings. The molecule has 1 aromatic heterocycles. The summed E-state index contributed by atoms with van der Waals surface area (Å²) in [7, 11) is 8.37. The fourth-order valence-corrected chi connectivity index (χ4v) is 4.02. The number of hydrogen-bond donors (Lipinski definition) is 1. The molecule has 108 valence electrons. The highest BCUT2D eigenvalue weighted by molar-refractivity contribution is 9.10. The molecule has 0 amide bonds. The van der Waals surface area contributed by atoms with Gasteiger partial charge in [-0.25, -0.2) is 4.68 Å². The Kier molecular flexibility index (Phi) is 4.63. The molecule has 1 N–H and O–H groups in total. The van der Waals surface area contributed by atoms with E-state index < -0.39 is 0 Å². The van der Waals surface area contributed by atoms with Crippen LogP contribution in [0.2, 0.25) is 0 Å². The lowest BCUT2D eigenvalue weighted by molar-refractivity contribution is 0.0561. The fourth-order valence-electron chi connectivity index (χ4n) is 3.46. The van der Waals surface area contributed by atoms with Crippen molar-refractivity contribution in [3.05, 3.63) is 10.3 Å². The van der Waals surface area contributed by atoms with Gasteiger partial charge in [0.05, 0.1) is 11.7 Å². The summed E-state index contributed by atoms with van der Waals surface area (Å²) >= 11 is 3.55. The summed E-state index contributed by atoms with van der Waals surface area (Å²) in [6, 6.07) is 0.233. The molecule has 1 heterocycles. The highest BCUT2D eigenvalue weighted by Gasteiger charge is 2.44. The Morgan fingerprint density at radius 3 is 2.37 bits per heavy atom. The van der Waals surface area contributed by atoms with Crippen LogP contribution >= 0.6 is 15.9 Å². The molecule has 1 saturated carbocycles.